The zero-order valence-corrected chi connectivity index (χ0v) is 11.5. The molecular weight excluding hydrogens is 264 g/mol. The Balaban J connectivity index is 2.22. The van der Waals surface area contributed by atoms with E-state index in [2.05, 4.69) is 52.9 Å². The molecule has 1 aliphatic rings. The summed E-state index contributed by atoms with van der Waals surface area (Å²) in [5.74, 6) is 0.643. The van der Waals surface area contributed by atoms with Gasteiger partial charge in [0.25, 0.3) is 0 Å². The first-order valence-electron chi connectivity index (χ1n) is 5.86. The molecular formula is C13H19BrN2. The molecule has 0 saturated carbocycles. The van der Waals surface area contributed by atoms with Gasteiger partial charge >= 0.3 is 0 Å². The van der Waals surface area contributed by atoms with E-state index in [9.17, 15) is 0 Å². The molecule has 0 amide bonds. The number of rotatable bonds is 2. The van der Waals surface area contributed by atoms with E-state index in [1.165, 1.54) is 22.1 Å². The van der Waals surface area contributed by atoms with Gasteiger partial charge in [0.05, 0.1) is 0 Å². The molecule has 1 heterocycles. The molecule has 2 N–H and O–H groups in total. The van der Waals surface area contributed by atoms with E-state index in [1.807, 2.05) is 0 Å². The summed E-state index contributed by atoms with van der Waals surface area (Å²) < 4.78 is 1.18. The van der Waals surface area contributed by atoms with Gasteiger partial charge in [0.15, 0.2) is 0 Å². The van der Waals surface area contributed by atoms with Crippen LogP contribution in [0, 0.1) is 12.8 Å². The van der Waals surface area contributed by atoms with Gasteiger partial charge in [0.2, 0.25) is 0 Å². The number of anilines is 1. The van der Waals surface area contributed by atoms with Crippen molar-refractivity contribution in [2.75, 3.05) is 18.0 Å². The maximum Gasteiger partial charge on any atom is 0.0372 e. The number of nitrogens with two attached hydrogens (primary N) is 1. The Labute approximate surface area is 106 Å². The summed E-state index contributed by atoms with van der Waals surface area (Å²) in [6.07, 6.45) is 1.22. The highest BCUT2D eigenvalue weighted by Gasteiger charge is 2.29. The first kappa shape index (κ1) is 11.9. The lowest BCUT2D eigenvalue weighted by Crippen LogP contribution is -2.32. The van der Waals surface area contributed by atoms with Crippen molar-refractivity contribution in [2.24, 2.45) is 11.7 Å². The number of hydrogen-bond acceptors (Lipinski definition) is 2. The summed E-state index contributed by atoms with van der Waals surface area (Å²) in [4.78, 5) is 2.47. The molecule has 2 rings (SSSR count). The van der Waals surface area contributed by atoms with Crippen LogP contribution in [0.15, 0.2) is 22.7 Å². The average molecular weight is 283 g/mol. The minimum atomic E-state index is 0.561. The van der Waals surface area contributed by atoms with Gasteiger partial charge in [-0.3, -0.25) is 0 Å². The number of nitrogens with zero attached hydrogens (tertiary/aromatic N) is 1. The summed E-state index contributed by atoms with van der Waals surface area (Å²) in [5, 5.41) is 0. The van der Waals surface area contributed by atoms with Gasteiger partial charge in [-0.25, -0.2) is 0 Å². The summed E-state index contributed by atoms with van der Waals surface area (Å²) >= 11 is 3.54. The monoisotopic (exact) mass is 282 g/mol. The lowest BCUT2D eigenvalue weighted by Gasteiger charge is -2.26. The van der Waals surface area contributed by atoms with Gasteiger partial charge in [-0.15, -0.1) is 0 Å². The first-order valence-corrected chi connectivity index (χ1v) is 6.65. The fourth-order valence-electron chi connectivity index (χ4n) is 2.49. The van der Waals surface area contributed by atoms with Crippen molar-refractivity contribution in [2.45, 2.75) is 26.3 Å². The Kier molecular flexibility index (Phi) is 3.55. The van der Waals surface area contributed by atoms with Crippen LogP contribution < -0.4 is 10.6 Å². The predicted octanol–water partition coefficient (Wildman–Crippen LogP) is 2.93. The van der Waals surface area contributed by atoms with Crippen molar-refractivity contribution in [3.05, 3.63) is 28.2 Å². The highest BCUT2D eigenvalue weighted by Crippen LogP contribution is 2.31. The van der Waals surface area contributed by atoms with Gasteiger partial charge in [0.1, 0.15) is 0 Å². The van der Waals surface area contributed by atoms with Crippen molar-refractivity contribution < 1.29 is 0 Å². The normalized spacial score (nSPS) is 25.1. The molecule has 2 nitrogen and oxygen atoms in total. The van der Waals surface area contributed by atoms with Gasteiger partial charge in [0, 0.05) is 22.7 Å². The minimum Gasteiger partial charge on any atom is -0.368 e. The molecule has 1 aromatic rings. The highest BCUT2D eigenvalue weighted by molar-refractivity contribution is 9.10. The Morgan fingerprint density at radius 1 is 1.50 bits per heavy atom. The Bertz CT molecular complexity index is 378. The third-order valence-electron chi connectivity index (χ3n) is 3.69. The SMILES string of the molecule is Cc1cc(N2CCC(CN)C2C)ccc1Br. The maximum atomic E-state index is 5.78. The molecule has 0 aliphatic carbocycles. The standard InChI is InChI=1S/C13H19BrN2/c1-9-7-12(3-4-13(9)14)16-6-5-11(8-15)10(16)2/h3-4,7,10-11H,5-6,8,15H2,1-2H3. The van der Waals surface area contributed by atoms with Gasteiger partial charge in [-0.1, -0.05) is 15.9 Å². The van der Waals surface area contributed by atoms with Crippen LogP contribution in [0.4, 0.5) is 5.69 Å². The summed E-state index contributed by atoms with van der Waals surface area (Å²) in [6, 6.07) is 7.13. The third-order valence-corrected chi connectivity index (χ3v) is 4.58. The molecule has 1 aliphatic heterocycles. The predicted molar refractivity (Wildman–Crippen MR) is 72.8 cm³/mol. The quantitative estimate of drug-likeness (QED) is 0.904. The second-order valence-electron chi connectivity index (χ2n) is 4.65. The molecule has 0 aromatic heterocycles. The van der Waals surface area contributed by atoms with Crippen LogP contribution in [-0.4, -0.2) is 19.1 Å². The number of aryl methyl sites for hydroxylation is 1. The van der Waals surface area contributed by atoms with Crippen molar-refractivity contribution >= 4 is 21.6 Å². The lowest BCUT2D eigenvalue weighted by molar-refractivity contribution is 0.508. The topological polar surface area (TPSA) is 29.3 Å². The van der Waals surface area contributed by atoms with E-state index < -0.39 is 0 Å². The minimum absolute atomic E-state index is 0.561. The van der Waals surface area contributed by atoms with Gasteiger partial charge < -0.3 is 10.6 Å². The first-order chi connectivity index (χ1) is 7.63. The number of halogens is 1. The number of benzene rings is 1. The highest BCUT2D eigenvalue weighted by atomic mass is 79.9. The molecule has 3 heteroatoms. The lowest BCUT2D eigenvalue weighted by atomic mass is 10.0. The van der Waals surface area contributed by atoms with E-state index in [-0.39, 0.29) is 0 Å². The van der Waals surface area contributed by atoms with E-state index in [1.54, 1.807) is 0 Å². The molecule has 16 heavy (non-hydrogen) atoms. The largest absolute Gasteiger partial charge is 0.368 e. The van der Waals surface area contributed by atoms with Crippen molar-refractivity contribution in [3.8, 4) is 0 Å². The smallest absolute Gasteiger partial charge is 0.0372 e. The van der Waals surface area contributed by atoms with Crippen LogP contribution in [0.3, 0.4) is 0 Å². The average Bonchev–Trinajstić information content (AvgIpc) is 2.64. The van der Waals surface area contributed by atoms with Crippen LogP contribution in [0.5, 0.6) is 0 Å². The molecule has 2 unspecified atom stereocenters. The zero-order valence-electron chi connectivity index (χ0n) is 9.91. The fraction of sp³-hybridized carbons (Fsp3) is 0.538. The fourth-order valence-corrected chi connectivity index (χ4v) is 2.74. The van der Waals surface area contributed by atoms with Gasteiger partial charge in [-0.05, 0) is 56.5 Å². The Hall–Kier alpha value is -0.540. The van der Waals surface area contributed by atoms with Crippen LogP contribution in [0.2, 0.25) is 0 Å². The second-order valence-corrected chi connectivity index (χ2v) is 5.51. The maximum absolute atomic E-state index is 5.78. The Morgan fingerprint density at radius 2 is 2.25 bits per heavy atom. The third kappa shape index (κ3) is 2.11. The summed E-state index contributed by atoms with van der Waals surface area (Å²) in [5.41, 5.74) is 8.40. The summed E-state index contributed by atoms with van der Waals surface area (Å²) in [6.45, 7) is 6.34. The molecule has 0 radical (unpaired) electrons. The van der Waals surface area contributed by atoms with E-state index in [0.717, 1.165) is 13.1 Å². The van der Waals surface area contributed by atoms with Crippen molar-refractivity contribution in [1.29, 1.82) is 0 Å². The van der Waals surface area contributed by atoms with Crippen LogP contribution >= 0.6 is 15.9 Å². The molecule has 2 atom stereocenters. The van der Waals surface area contributed by atoms with E-state index in [0.29, 0.717) is 12.0 Å². The van der Waals surface area contributed by atoms with Crippen molar-refractivity contribution in [1.82, 2.24) is 0 Å². The van der Waals surface area contributed by atoms with Crippen LogP contribution in [-0.2, 0) is 0 Å². The second kappa shape index (κ2) is 4.76. The molecule has 0 bridgehead atoms. The summed E-state index contributed by atoms with van der Waals surface area (Å²) in [7, 11) is 0. The van der Waals surface area contributed by atoms with Crippen LogP contribution in [0.25, 0.3) is 0 Å². The van der Waals surface area contributed by atoms with E-state index >= 15 is 0 Å². The van der Waals surface area contributed by atoms with Crippen molar-refractivity contribution in [3.63, 3.8) is 0 Å². The zero-order chi connectivity index (χ0) is 11.7. The Morgan fingerprint density at radius 3 is 2.81 bits per heavy atom. The molecule has 1 saturated heterocycles. The van der Waals surface area contributed by atoms with Crippen LogP contribution in [0.1, 0.15) is 18.9 Å². The number of hydrogen-bond donors (Lipinski definition) is 1. The molecule has 1 aromatic carbocycles. The molecule has 0 spiro atoms. The van der Waals surface area contributed by atoms with E-state index in [4.69, 9.17) is 5.73 Å². The van der Waals surface area contributed by atoms with Gasteiger partial charge in [-0.2, -0.15) is 0 Å². The molecule has 88 valence electrons. The molecule has 1 fully saturated rings.